The summed E-state index contributed by atoms with van der Waals surface area (Å²) in [7, 11) is 0. The molecule has 2 atom stereocenters. The summed E-state index contributed by atoms with van der Waals surface area (Å²) in [5.74, 6) is 0.505. The van der Waals surface area contributed by atoms with Gasteiger partial charge in [0.2, 0.25) is 0 Å². The Morgan fingerprint density at radius 1 is 1.17 bits per heavy atom. The lowest BCUT2D eigenvalue weighted by Crippen LogP contribution is -2.55. The largest absolute Gasteiger partial charge is 0.445 e. The molecule has 0 spiro atoms. The van der Waals surface area contributed by atoms with Crippen molar-refractivity contribution in [3.8, 4) is 0 Å². The number of hydrogen-bond donors (Lipinski definition) is 0. The van der Waals surface area contributed by atoms with E-state index < -0.39 is 0 Å². The molecular weight excluding hydrogens is 326 g/mol. The number of nitrogens with zero attached hydrogens (tertiary/aromatic N) is 3. The van der Waals surface area contributed by atoms with Crippen LogP contribution in [0.2, 0.25) is 5.15 Å². The highest BCUT2D eigenvalue weighted by molar-refractivity contribution is 6.29. The lowest BCUT2D eigenvalue weighted by molar-refractivity contribution is 0.103. The minimum absolute atomic E-state index is 0.234. The summed E-state index contributed by atoms with van der Waals surface area (Å²) in [6.07, 6.45) is 1.55. The maximum absolute atomic E-state index is 12.3. The minimum Gasteiger partial charge on any atom is -0.445 e. The molecule has 2 aromatic rings. The van der Waals surface area contributed by atoms with Gasteiger partial charge in [-0.3, -0.25) is 0 Å². The number of rotatable bonds is 3. The first kappa shape index (κ1) is 15.3. The number of aromatic nitrogens is 1. The summed E-state index contributed by atoms with van der Waals surface area (Å²) in [4.78, 5) is 20.5. The van der Waals surface area contributed by atoms with E-state index in [1.807, 2.05) is 41.3 Å². The van der Waals surface area contributed by atoms with E-state index in [1.165, 1.54) is 0 Å². The smallest absolute Gasteiger partial charge is 0.410 e. The summed E-state index contributed by atoms with van der Waals surface area (Å²) in [5, 5.41) is 0.494. The van der Waals surface area contributed by atoms with E-state index in [4.69, 9.17) is 16.3 Å². The van der Waals surface area contributed by atoms with Gasteiger partial charge in [-0.15, -0.1) is 0 Å². The second kappa shape index (κ2) is 6.32. The summed E-state index contributed by atoms with van der Waals surface area (Å²) >= 11 is 5.84. The molecule has 0 radical (unpaired) electrons. The van der Waals surface area contributed by atoms with Crippen molar-refractivity contribution < 1.29 is 9.53 Å². The third-order valence-corrected chi connectivity index (χ3v) is 4.97. The van der Waals surface area contributed by atoms with Crippen molar-refractivity contribution in [1.82, 2.24) is 9.88 Å². The average molecular weight is 344 g/mol. The number of amides is 1. The van der Waals surface area contributed by atoms with Crippen LogP contribution in [0.4, 0.5) is 10.5 Å². The van der Waals surface area contributed by atoms with Crippen molar-refractivity contribution in [2.45, 2.75) is 12.6 Å². The van der Waals surface area contributed by atoms with Crippen LogP contribution >= 0.6 is 11.6 Å². The van der Waals surface area contributed by atoms with Gasteiger partial charge in [0.25, 0.3) is 0 Å². The zero-order valence-electron chi connectivity index (χ0n) is 13.1. The summed E-state index contributed by atoms with van der Waals surface area (Å²) in [6.45, 7) is 2.71. The van der Waals surface area contributed by atoms with Crippen molar-refractivity contribution in [3.63, 3.8) is 0 Å². The van der Waals surface area contributed by atoms with E-state index in [9.17, 15) is 4.79 Å². The maximum Gasteiger partial charge on any atom is 0.410 e. The highest BCUT2D eigenvalue weighted by Gasteiger charge is 2.47. The number of carbonyl (C=O) groups is 1. The molecule has 0 aliphatic carbocycles. The quantitative estimate of drug-likeness (QED) is 0.803. The molecule has 1 aromatic heterocycles. The average Bonchev–Trinajstić information content (AvgIpc) is 2.93. The first-order valence-corrected chi connectivity index (χ1v) is 8.42. The highest BCUT2D eigenvalue weighted by atomic mass is 35.5. The lowest BCUT2D eigenvalue weighted by Gasteiger charge is -2.44. The van der Waals surface area contributed by atoms with Gasteiger partial charge in [0.1, 0.15) is 11.8 Å². The van der Waals surface area contributed by atoms with Crippen LogP contribution in [0, 0.1) is 5.92 Å². The molecule has 1 aromatic carbocycles. The van der Waals surface area contributed by atoms with Gasteiger partial charge in [0.05, 0.1) is 17.9 Å². The van der Waals surface area contributed by atoms with Crippen LogP contribution in [0.3, 0.4) is 0 Å². The van der Waals surface area contributed by atoms with Crippen molar-refractivity contribution in [1.29, 1.82) is 0 Å². The second-order valence-corrected chi connectivity index (χ2v) is 6.65. The molecule has 2 aliphatic rings. The number of carbonyl (C=O) groups excluding carboxylic acids is 1. The number of hydrogen-bond acceptors (Lipinski definition) is 4. The molecule has 0 saturated carbocycles. The fourth-order valence-corrected chi connectivity index (χ4v) is 3.54. The van der Waals surface area contributed by atoms with Gasteiger partial charge in [-0.05, 0) is 17.7 Å². The van der Waals surface area contributed by atoms with Crippen LogP contribution < -0.4 is 4.90 Å². The molecule has 6 heteroatoms. The molecule has 0 unspecified atom stereocenters. The summed E-state index contributed by atoms with van der Waals surface area (Å²) in [5.41, 5.74) is 2.06. The standard InChI is InChI=1S/C18H18ClN3O2/c19-17-7-6-15(8-20-17)22-10-14-9-21(11-16(14)22)18(23)24-12-13-4-2-1-3-5-13/h1-8,14,16H,9-12H2/t14-,16-/m0/s1. The molecule has 124 valence electrons. The Labute approximate surface area is 145 Å². The van der Waals surface area contributed by atoms with Crippen LogP contribution in [0.25, 0.3) is 0 Å². The first-order valence-electron chi connectivity index (χ1n) is 8.04. The van der Waals surface area contributed by atoms with Crippen molar-refractivity contribution in [2.75, 3.05) is 24.5 Å². The highest BCUT2D eigenvalue weighted by Crippen LogP contribution is 2.36. The number of anilines is 1. The number of halogens is 1. The summed E-state index contributed by atoms with van der Waals surface area (Å²) < 4.78 is 5.43. The number of pyridine rings is 1. The van der Waals surface area contributed by atoms with Crippen LogP contribution in [0.15, 0.2) is 48.7 Å². The van der Waals surface area contributed by atoms with Crippen molar-refractivity contribution >= 4 is 23.4 Å². The number of ether oxygens (including phenoxy) is 1. The fraction of sp³-hybridized carbons (Fsp3) is 0.333. The van der Waals surface area contributed by atoms with E-state index in [1.54, 1.807) is 12.3 Å². The van der Waals surface area contributed by atoms with E-state index >= 15 is 0 Å². The predicted molar refractivity (Wildman–Crippen MR) is 92.1 cm³/mol. The summed E-state index contributed by atoms with van der Waals surface area (Å²) in [6, 6.07) is 13.9. The fourth-order valence-electron chi connectivity index (χ4n) is 3.43. The zero-order valence-corrected chi connectivity index (χ0v) is 13.9. The third kappa shape index (κ3) is 2.91. The van der Waals surface area contributed by atoms with E-state index in [0.29, 0.717) is 30.3 Å². The molecule has 2 aliphatic heterocycles. The van der Waals surface area contributed by atoms with Gasteiger partial charge in [-0.25, -0.2) is 9.78 Å². The van der Waals surface area contributed by atoms with E-state index in [2.05, 4.69) is 9.88 Å². The SMILES string of the molecule is O=C(OCc1ccccc1)N1C[C@H]2CN(c3ccc(Cl)nc3)[C@H]2C1. The van der Waals surface area contributed by atoms with Gasteiger partial charge < -0.3 is 14.5 Å². The van der Waals surface area contributed by atoms with Gasteiger partial charge in [-0.1, -0.05) is 41.9 Å². The van der Waals surface area contributed by atoms with Crippen LogP contribution in [0.5, 0.6) is 0 Å². The maximum atomic E-state index is 12.3. The molecule has 0 bridgehead atoms. The Hall–Kier alpha value is -2.27. The molecule has 2 fully saturated rings. The van der Waals surface area contributed by atoms with Crippen LogP contribution in [-0.2, 0) is 11.3 Å². The van der Waals surface area contributed by atoms with Crippen molar-refractivity contribution in [3.05, 3.63) is 59.4 Å². The molecule has 5 nitrogen and oxygen atoms in total. The van der Waals surface area contributed by atoms with Gasteiger partial charge in [0, 0.05) is 25.6 Å². The van der Waals surface area contributed by atoms with Crippen LogP contribution in [-0.4, -0.2) is 41.7 Å². The monoisotopic (exact) mass is 343 g/mol. The third-order valence-electron chi connectivity index (χ3n) is 4.74. The Balaban J connectivity index is 1.33. The normalized spacial score (nSPS) is 22.0. The van der Waals surface area contributed by atoms with E-state index in [-0.39, 0.29) is 6.09 Å². The Bertz CT molecular complexity index is 723. The Morgan fingerprint density at radius 2 is 2.00 bits per heavy atom. The van der Waals surface area contributed by atoms with Crippen molar-refractivity contribution in [2.24, 2.45) is 5.92 Å². The van der Waals surface area contributed by atoms with Gasteiger partial charge >= 0.3 is 6.09 Å². The molecule has 3 heterocycles. The molecule has 24 heavy (non-hydrogen) atoms. The molecule has 2 saturated heterocycles. The van der Waals surface area contributed by atoms with Crippen LogP contribution in [0.1, 0.15) is 5.56 Å². The minimum atomic E-state index is -0.234. The number of benzene rings is 1. The zero-order chi connectivity index (χ0) is 16.5. The van der Waals surface area contributed by atoms with E-state index in [0.717, 1.165) is 24.3 Å². The molecule has 1 amide bonds. The number of likely N-dealkylation sites (tertiary alicyclic amines) is 1. The Kier molecular flexibility index (Phi) is 4.02. The lowest BCUT2D eigenvalue weighted by atomic mass is 9.91. The number of fused-ring (bicyclic) bond motifs is 1. The molecule has 0 N–H and O–H groups in total. The van der Waals surface area contributed by atoms with Gasteiger partial charge in [-0.2, -0.15) is 0 Å². The first-order chi connectivity index (χ1) is 11.7. The Morgan fingerprint density at radius 3 is 2.75 bits per heavy atom. The van der Waals surface area contributed by atoms with Gasteiger partial charge in [0.15, 0.2) is 0 Å². The second-order valence-electron chi connectivity index (χ2n) is 6.26. The predicted octanol–water partition coefficient (Wildman–Crippen LogP) is 3.19. The topological polar surface area (TPSA) is 45.7 Å². The molecule has 4 rings (SSSR count). The molecular formula is C18H18ClN3O2.